The van der Waals surface area contributed by atoms with Crippen molar-refractivity contribution in [1.29, 1.82) is 0 Å². The first-order valence-corrected chi connectivity index (χ1v) is 4.43. The zero-order chi connectivity index (χ0) is 11.1. The predicted molar refractivity (Wildman–Crippen MR) is 48.2 cm³/mol. The van der Waals surface area contributed by atoms with Gasteiger partial charge in [0.15, 0.2) is 12.4 Å². The molecule has 0 aromatic rings. The van der Waals surface area contributed by atoms with Gasteiger partial charge in [0.2, 0.25) is 5.91 Å². The number of aliphatic carboxylic acids is 1. The van der Waals surface area contributed by atoms with E-state index in [1.807, 2.05) is 5.32 Å². The maximum atomic E-state index is 11.5. The SMILES string of the molecule is O=C1CC(C(=O)O)([N+]2=CCC=C2)C(=O)N1. The van der Waals surface area contributed by atoms with Gasteiger partial charge < -0.3 is 5.11 Å². The molecule has 6 nitrogen and oxygen atoms in total. The van der Waals surface area contributed by atoms with Gasteiger partial charge in [-0.05, 0) is 6.08 Å². The highest BCUT2D eigenvalue weighted by molar-refractivity contribution is 6.18. The molecule has 1 atom stereocenters. The van der Waals surface area contributed by atoms with Gasteiger partial charge in [-0.15, -0.1) is 0 Å². The van der Waals surface area contributed by atoms with Crippen molar-refractivity contribution >= 4 is 24.0 Å². The maximum Gasteiger partial charge on any atom is 0.387 e. The average Bonchev–Trinajstić information content (AvgIpc) is 2.72. The van der Waals surface area contributed by atoms with E-state index in [4.69, 9.17) is 5.11 Å². The van der Waals surface area contributed by atoms with E-state index in [0.29, 0.717) is 6.42 Å². The fraction of sp³-hybridized carbons (Fsp3) is 0.333. The van der Waals surface area contributed by atoms with Gasteiger partial charge in [0.25, 0.3) is 0 Å². The minimum Gasteiger partial charge on any atom is -0.476 e. The van der Waals surface area contributed by atoms with Gasteiger partial charge in [-0.2, -0.15) is 4.58 Å². The van der Waals surface area contributed by atoms with E-state index in [2.05, 4.69) is 0 Å². The summed E-state index contributed by atoms with van der Waals surface area (Å²) in [6.45, 7) is 0. The van der Waals surface area contributed by atoms with Crippen LogP contribution in [0.1, 0.15) is 12.8 Å². The summed E-state index contributed by atoms with van der Waals surface area (Å²) >= 11 is 0. The molecule has 2 amide bonds. The second-order valence-corrected chi connectivity index (χ2v) is 3.43. The van der Waals surface area contributed by atoms with Crippen LogP contribution >= 0.6 is 0 Å². The third-order valence-electron chi connectivity index (χ3n) is 2.54. The summed E-state index contributed by atoms with van der Waals surface area (Å²) in [5, 5.41) is 11.1. The molecule has 15 heavy (non-hydrogen) atoms. The summed E-state index contributed by atoms with van der Waals surface area (Å²) < 4.78 is 1.29. The Morgan fingerprint density at radius 2 is 2.27 bits per heavy atom. The first kappa shape index (κ1) is 9.57. The third kappa shape index (κ3) is 1.18. The molecule has 6 heteroatoms. The summed E-state index contributed by atoms with van der Waals surface area (Å²) in [6, 6.07) is 0. The van der Waals surface area contributed by atoms with E-state index in [1.165, 1.54) is 10.8 Å². The number of nitrogens with zero attached hydrogens (tertiary/aromatic N) is 1. The summed E-state index contributed by atoms with van der Waals surface area (Å²) in [7, 11) is 0. The summed E-state index contributed by atoms with van der Waals surface area (Å²) in [4.78, 5) is 33.8. The van der Waals surface area contributed by atoms with Crippen molar-refractivity contribution < 1.29 is 24.1 Å². The Bertz CT molecular complexity index is 424. The molecule has 2 rings (SSSR count). The quantitative estimate of drug-likeness (QED) is 0.342. The number of hydrogen-bond acceptors (Lipinski definition) is 3. The molecule has 0 saturated carbocycles. The van der Waals surface area contributed by atoms with Crippen molar-refractivity contribution in [2.24, 2.45) is 0 Å². The number of allylic oxidation sites excluding steroid dienone is 1. The number of carboxylic acid groups (broad SMARTS) is 1. The highest BCUT2D eigenvalue weighted by atomic mass is 16.4. The van der Waals surface area contributed by atoms with Crippen molar-refractivity contribution in [2.75, 3.05) is 0 Å². The van der Waals surface area contributed by atoms with E-state index in [9.17, 15) is 14.4 Å². The van der Waals surface area contributed by atoms with Gasteiger partial charge in [-0.25, -0.2) is 4.79 Å². The second-order valence-electron chi connectivity index (χ2n) is 3.43. The first-order valence-electron chi connectivity index (χ1n) is 4.43. The number of imide groups is 1. The van der Waals surface area contributed by atoms with E-state index in [0.717, 1.165) is 0 Å². The number of carboxylic acids is 1. The van der Waals surface area contributed by atoms with Crippen LogP contribution in [0.5, 0.6) is 0 Å². The minimum atomic E-state index is -1.79. The number of carbonyl (C=O) groups excluding carboxylic acids is 2. The molecule has 1 saturated heterocycles. The standard InChI is InChI=1S/C9H8N2O4/c12-6-5-9(8(14)15,7(13)10-6)11-3-1-2-4-11/h1,3-4H,2,5H2,(H-,10,12,13,14,15)/p+1. The Morgan fingerprint density at radius 1 is 1.53 bits per heavy atom. The number of carbonyl (C=O) groups is 3. The lowest BCUT2D eigenvalue weighted by Gasteiger charge is -2.13. The molecule has 2 aliphatic heterocycles. The van der Waals surface area contributed by atoms with Gasteiger partial charge in [0.1, 0.15) is 6.42 Å². The van der Waals surface area contributed by atoms with Gasteiger partial charge in [0.05, 0.1) is 0 Å². The zero-order valence-electron chi connectivity index (χ0n) is 7.77. The number of amides is 2. The molecule has 2 heterocycles. The highest BCUT2D eigenvalue weighted by Crippen LogP contribution is 2.24. The molecule has 1 unspecified atom stereocenters. The minimum absolute atomic E-state index is 0.345. The number of rotatable bonds is 2. The molecule has 2 N–H and O–H groups in total. The Hall–Kier alpha value is -1.98. The third-order valence-corrected chi connectivity index (χ3v) is 2.54. The summed E-state index contributed by atoms with van der Waals surface area (Å²) in [5.74, 6) is -2.65. The molecule has 0 spiro atoms. The lowest BCUT2D eigenvalue weighted by molar-refractivity contribution is -0.508. The van der Waals surface area contributed by atoms with Crippen LogP contribution in [-0.2, 0) is 14.4 Å². The van der Waals surface area contributed by atoms with E-state index < -0.39 is 23.3 Å². The molecule has 0 radical (unpaired) electrons. The Kier molecular flexibility index (Phi) is 1.92. The van der Waals surface area contributed by atoms with Crippen molar-refractivity contribution in [3.8, 4) is 0 Å². The smallest absolute Gasteiger partial charge is 0.387 e. The van der Waals surface area contributed by atoms with Crippen LogP contribution in [0.2, 0.25) is 0 Å². The van der Waals surface area contributed by atoms with Gasteiger partial charge in [-0.1, -0.05) is 0 Å². The van der Waals surface area contributed by atoms with Crippen LogP contribution < -0.4 is 5.32 Å². The predicted octanol–water partition coefficient (Wildman–Crippen LogP) is -1.14. The molecular weight excluding hydrogens is 200 g/mol. The van der Waals surface area contributed by atoms with Crippen LogP contribution in [0.15, 0.2) is 12.3 Å². The lowest BCUT2D eigenvalue weighted by atomic mass is 9.97. The molecule has 78 valence electrons. The summed E-state index contributed by atoms with van der Waals surface area (Å²) in [5.41, 5.74) is -1.79. The van der Waals surface area contributed by atoms with Gasteiger partial charge in [0, 0.05) is 6.42 Å². The fourth-order valence-corrected chi connectivity index (χ4v) is 1.77. The summed E-state index contributed by atoms with van der Waals surface area (Å²) in [6.07, 6.45) is 5.03. The normalized spacial score (nSPS) is 29.2. The second kappa shape index (κ2) is 3.01. The average molecular weight is 209 g/mol. The molecule has 1 fully saturated rings. The molecule has 0 aromatic carbocycles. The topological polar surface area (TPSA) is 86.5 Å². The lowest BCUT2D eigenvalue weighted by Crippen LogP contribution is -2.53. The Balaban J connectivity index is 2.50. The van der Waals surface area contributed by atoms with Crippen molar-refractivity contribution in [3.05, 3.63) is 12.3 Å². The maximum absolute atomic E-state index is 11.5. The first-order chi connectivity index (χ1) is 7.07. The van der Waals surface area contributed by atoms with Crippen molar-refractivity contribution in [3.63, 3.8) is 0 Å². The van der Waals surface area contributed by atoms with E-state index in [-0.39, 0.29) is 6.42 Å². The number of hydrogen-bond donors (Lipinski definition) is 2. The number of nitrogens with one attached hydrogen (secondary N) is 1. The molecule has 2 aliphatic rings. The Labute approximate surface area is 84.9 Å². The van der Waals surface area contributed by atoms with Crippen LogP contribution in [0.4, 0.5) is 0 Å². The Morgan fingerprint density at radius 3 is 2.67 bits per heavy atom. The fourth-order valence-electron chi connectivity index (χ4n) is 1.77. The zero-order valence-corrected chi connectivity index (χ0v) is 7.77. The largest absolute Gasteiger partial charge is 0.476 e. The van der Waals surface area contributed by atoms with Crippen molar-refractivity contribution in [1.82, 2.24) is 5.32 Å². The molecule has 0 bridgehead atoms. The highest BCUT2D eigenvalue weighted by Gasteiger charge is 2.62. The molecule has 0 aromatic heterocycles. The molecule has 0 aliphatic carbocycles. The monoisotopic (exact) mass is 209 g/mol. The van der Waals surface area contributed by atoms with E-state index in [1.54, 1.807) is 12.3 Å². The van der Waals surface area contributed by atoms with Gasteiger partial charge in [-0.3, -0.25) is 14.9 Å². The van der Waals surface area contributed by atoms with Crippen LogP contribution in [0, 0.1) is 0 Å². The van der Waals surface area contributed by atoms with Crippen LogP contribution in [0.25, 0.3) is 0 Å². The molecular formula is C9H9N2O4+. The van der Waals surface area contributed by atoms with Gasteiger partial charge >= 0.3 is 17.4 Å². The van der Waals surface area contributed by atoms with Crippen LogP contribution in [0.3, 0.4) is 0 Å². The van der Waals surface area contributed by atoms with E-state index >= 15 is 0 Å². The van der Waals surface area contributed by atoms with Crippen molar-refractivity contribution in [2.45, 2.75) is 18.4 Å². The van der Waals surface area contributed by atoms with Crippen LogP contribution in [-0.4, -0.2) is 39.2 Å².